The van der Waals surface area contributed by atoms with E-state index in [1.807, 2.05) is 18.2 Å². The highest BCUT2D eigenvalue weighted by atomic mass is 35.5. The average Bonchev–Trinajstić information content (AvgIpc) is 3.39. The van der Waals surface area contributed by atoms with Gasteiger partial charge in [0.1, 0.15) is 11.5 Å². The van der Waals surface area contributed by atoms with E-state index in [0.29, 0.717) is 28.6 Å². The van der Waals surface area contributed by atoms with Crippen molar-refractivity contribution < 1.29 is 14.1 Å². The molecule has 2 aromatic carbocycles. The van der Waals surface area contributed by atoms with Crippen LogP contribution < -0.4 is 10.2 Å². The van der Waals surface area contributed by atoms with Crippen LogP contribution in [-0.4, -0.2) is 41.9 Å². The number of nitrogens with one attached hydrogen (secondary N) is 2. The van der Waals surface area contributed by atoms with Crippen LogP contribution in [0.3, 0.4) is 0 Å². The molecule has 0 atom stereocenters. The van der Waals surface area contributed by atoms with E-state index in [9.17, 15) is 9.18 Å². The van der Waals surface area contributed by atoms with E-state index < -0.39 is 0 Å². The molecule has 150 valence electrons. The molecule has 0 saturated carbocycles. The Kier molecular flexibility index (Phi) is 5.92. The number of hydrogen-bond donors (Lipinski definition) is 2. The Labute approximate surface area is 174 Å². The number of rotatable bonds is 6. The molecular weight excluding hydrogens is 391 g/mol. The van der Waals surface area contributed by atoms with Crippen molar-refractivity contribution in [2.75, 3.05) is 26.2 Å². The first-order chi connectivity index (χ1) is 14.1. The molecule has 1 fully saturated rings. The van der Waals surface area contributed by atoms with Crippen molar-refractivity contribution in [1.29, 1.82) is 0 Å². The normalized spacial score (nSPS) is 14.3. The second kappa shape index (κ2) is 8.76. The van der Waals surface area contributed by atoms with Crippen molar-refractivity contribution in [3.8, 4) is 16.9 Å². The number of carbonyl (C=O) groups excluding carboxylic acids is 1. The quantitative estimate of drug-likeness (QED) is 0.653. The van der Waals surface area contributed by atoms with Crippen LogP contribution in [0.25, 0.3) is 16.9 Å². The maximum atomic E-state index is 13.3. The van der Waals surface area contributed by atoms with Crippen LogP contribution in [0.15, 0.2) is 54.6 Å². The number of carbonyl (C=O) groups is 1. The molecule has 2 heterocycles. The Morgan fingerprint density at radius 1 is 1.14 bits per heavy atom. The van der Waals surface area contributed by atoms with Gasteiger partial charge in [0.15, 0.2) is 0 Å². The molecule has 0 radical (unpaired) electrons. The van der Waals surface area contributed by atoms with Crippen molar-refractivity contribution in [1.82, 2.24) is 15.1 Å². The number of hydrogen-bond acceptors (Lipinski definition) is 2. The van der Waals surface area contributed by atoms with Crippen LogP contribution in [0.5, 0.6) is 0 Å². The summed E-state index contributed by atoms with van der Waals surface area (Å²) in [5.41, 5.74) is 2.33. The van der Waals surface area contributed by atoms with Crippen LogP contribution in [0, 0.1) is 5.82 Å². The second-order valence-electron chi connectivity index (χ2n) is 7.25. The lowest BCUT2D eigenvalue weighted by Crippen LogP contribution is -3.10. The second-order valence-corrected chi connectivity index (χ2v) is 7.66. The van der Waals surface area contributed by atoms with E-state index >= 15 is 0 Å². The topological polar surface area (TPSA) is 51.4 Å². The zero-order chi connectivity index (χ0) is 20.2. The van der Waals surface area contributed by atoms with Crippen molar-refractivity contribution >= 4 is 17.5 Å². The molecule has 0 aliphatic carbocycles. The molecule has 1 saturated heterocycles. The van der Waals surface area contributed by atoms with E-state index in [1.54, 1.807) is 28.9 Å². The number of halogens is 2. The molecule has 1 aliphatic rings. The fourth-order valence-electron chi connectivity index (χ4n) is 3.68. The Balaban J connectivity index is 1.62. The lowest BCUT2D eigenvalue weighted by atomic mass is 10.1. The largest absolute Gasteiger partial charge is 0.345 e. The molecule has 1 amide bonds. The summed E-state index contributed by atoms with van der Waals surface area (Å²) in [6.07, 6.45) is 2.51. The minimum atomic E-state index is -0.318. The van der Waals surface area contributed by atoms with Crippen molar-refractivity contribution in [3.05, 3.63) is 71.1 Å². The predicted molar refractivity (Wildman–Crippen MR) is 111 cm³/mol. The molecule has 1 aromatic heterocycles. The van der Waals surface area contributed by atoms with Crippen LogP contribution in [0.4, 0.5) is 4.39 Å². The third-order valence-electron chi connectivity index (χ3n) is 5.24. The Morgan fingerprint density at radius 2 is 1.86 bits per heavy atom. The predicted octanol–water partition coefficient (Wildman–Crippen LogP) is 2.74. The number of amides is 1. The monoisotopic (exact) mass is 413 g/mol. The highest BCUT2D eigenvalue weighted by Crippen LogP contribution is 2.25. The minimum Gasteiger partial charge on any atom is -0.345 e. The average molecular weight is 414 g/mol. The molecule has 3 aromatic rings. The van der Waals surface area contributed by atoms with Gasteiger partial charge in [0, 0.05) is 18.4 Å². The number of para-hydroxylation sites is 1. The Bertz CT molecular complexity index is 996. The zero-order valence-corrected chi connectivity index (χ0v) is 16.8. The number of benzene rings is 2. The summed E-state index contributed by atoms with van der Waals surface area (Å²) in [7, 11) is 0. The van der Waals surface area contributed by atoms with Gasteiger partial charge >= 0.3 is 0 Å². The van der Waals surface area contributed by atoms with Gasteiger partial charge in [-0.15, -0.1) is 0 Å². The third-order valence-corrected chi connectivity index (χ3v) is 5.56. The van der Waals surface area contributed by atoms with Gasteiger partial charge in [-0.25, -0.2) is 9.07 Å². The van der Waals surface area contributed by atoms with Crippen molar-refractivity contribution in [2.45, 2.75) is 12.8 Å². The lowest BCUT2D eigenvalue weighted by molar-refractivity contribution is -0.886. The molecule has 2 N–H and O–H groups in total. The van der Waals surface area contributed by atoms with Gasteiger partial charge in [0.2, 0.25) is 0 Å². The van der Waals surface area contributed by atoms with Crippen LogP contribution >= 0.6 is 11.6 Å². The molecule has 4 rings (SSSR count). The first-order valence-electron chi connectivity index (χ1n) is 9.84. The summed E-state index contributed by atoms with van der Waals surface area (Å²) < 4.78 is 14.8. The molecule has 1 aliphatic heterocycles. The van der Waals surface area contributed by atoms with Gasteiger partial charge in [-0.05, 0) is 42.5 Å². The van der Waals surface area contributed by atoms with E-state index in [-0.39, 0.29) is 11.7 Å². The summed E-state index contributed by atoms with van der Waals surface area (Å²) in [5.74, 6) is -0.522. The maximum Gasteiger partial charge on any atom is 0.270 e. The summed E-state index contributed by atoms with van der Waals surface area (Å²) in [6, 6.07) is 15.0. The SMILES string of the molecule is O=C(NCC[NH+]1CCCC1)c1cc(-c2ccc(F)cc2)nn1-c1ccccc1Cl. The maximum absolute atomic E-state index is 13.3. The molecule has 5 nitrogen and oxygen atoms in total. The van der Waals surface area contributed by atoms with Gasteiger partial charge in [-0.2, -0.15) is 5.10 Å². The molecule has 0 bridgehead atoms. The first-order valence-corrected chi connectivity index (χ1v) is 10.2. The van der Waals surface area contributed by atoms with E-state index in [0.717, 1.165) is 12.1 Å². The first kappa shape index (κ1) is 19.6. The van der Waals surface area contributed by atoms with Gasteiger partial charge < -0.3 is 10.2 Å². The number of nitrogens with zero attached hydrogens (tertiary/aromatic N) is 2. The van der Waals surface area contributed by atoms with E-state index in [4.69, 9.17) is 11.6 Å². The molecular formula is C22H23ClFN4O+. The van der Waals surface area contributed by atoms with Crippen LogP contribution in [0.1, 0.15) is 23.3 Å². The third kappa shape index (κ3) is 4.49. The Morgan fingerprint density at radius 3 is 2.59 bits per heavy atom. The van der Waals surface area contributed by atoms with Crippen molar-refractivity contribution in [2.24, 2.45) is 0 Å². The molecule has 7 heteroatoms. The summed E-state index contributed by atoms with van der Waals surface area (Å²) in [4.78, 5) is 14.5. The van der Waals surface area contributed by atoms with Gasteiger partial charge in [-0.1, -0.05) is 23.7 Å². The molecule has 29 heavy (non-hydrogen) atoms. The molecule has 0 spiro atoms. The summed E-state index contributed by atoms with van der Waals surface area (Å²) in [5, 5.41) is 8.09. The fraction of sp³-hybridized carbons (Fsp3) is 0.273. The highest BCUT2D eigenvalue weighted by Gasteiger charge is 2.20. The molecule has 0 unspecified atom stereocenters. The van der Waals surface area contributed by atoms with E-state index in [1.165, 1.54) is 43.0 Å². The lowest BCUT2D eigenvalue weighted by Gasteiger charge is -2.13. The van der Waals surface area contributed by atoms with Gasteiger partial charge in [-0.3, -0.25) is 4.79 Å². The zero-order valence-electron chi connectivity index (χ0n) is 16.0. The van der Waals surface area contributed by atoms with Crippen LogP contribution in [0.2, 0.25) is 5.02 Å². The van der Waals surface area contributed by atoms with E-state index in [2.05, 4.69) is 10.4 Å². The minimum absolute atomic E-state index is 0.204. The fourth-order valence-corrected chi connectivity index (χ4v) is 3.90. The van der Waals surface area contributed by atoms with Crippen molar-refractivity contribution in [3.63, 3.8) is 0 Å². The summed E-state index contributed by atoms with van der Waals surface area (Å²) in [6.45, 7) is 3.86. The van der Waals surface area contributed by atoms with Gasteiger partial charge in [0.25, 0.3) is 5.91 Å². The number of aromatic nitrogens is 2. The number of likely N-dealkylation sites (tertiary alicyclic amines) is 1. The number of quaternary nitrogens is 1. The highest BCUT2D eigenvalue weighted by molar-refractivity contribution is 6.32. The smallest absolute Gasteiger partial charge is 0.270 e. The summed E-state index contributed by atoms with van der Waals surface area (Å²) >= 11 is 6.36. The van der Waals surface area contributed by atoms with Gasteiger partial charge in [0.05, 0.1) is 42.6 Å². The Hall–Kier alpha value is -2.70. The standard InChI is InChI=1S/C22H22ClFN4O/c23-18-5-1-2-6-20(18)28-21(22(29)25-11-14-27-12-3-4-13-27)15-19(26-28)16-7-9-17(24)10-8-16/h1-2,5-10,15H,3-4,11-14H2,(H,25,29)/p+1. The van der Waals surface area contributed by atoms with Crippen LogP contribution in [-0.2, 0) is 0 Å².